The van der Waals surface area contributed by atoms with Gasteiger partial charge in [-0.05, 0) is 73.1 Å². The van der Waals surface area contributed by atoms with Crippen LogP contribution in [0.1, 0.15) is 56.1 Å². The van der Waals surface area contributed by atoms with Gasteiger partial charge in [-0.25, -0.2) is 0 Å². The highest BCUT2D eigenvalue weighted by atomic mass is 16.5. The van der Waals surface area contributed by atoms with Gasteiger partial charge in [0.15, 0.2) is 0 Å². The summed E-state index contributed by atoms with van der Waals surface area (Å²) >= 11 is 0. The molecule has 0 bridgehead atoms. The number of ether oxygens (including phenoxy) is 1. The van der Waals surface area contributed by atoms with E-state index in [0.29, 0.717) is 41.4 Å². The van der Waals surface area contributed by atoms with E-state index in [0.717, 1.165) is 64.0 Å². The van der Waals surface area contributed by atoms with Crippen LogP contribution in [-0.4, -0.2) is 46.9 Å². The summed E-state index contributed by atoms with van der Waals surface area (Å²) in [5.74, 6) is 4.54. The number of anilines is 2. The Balaban J connectivity index is 1.15. The zero-order valence-electron chi connectivity index (χ0n) is 18.6. The Bertz CT molecular complexity index is 1080. The molecular weight excluding hydrogens is 402 g/mol. The van der Waals surface area contributed by atoms with Crippen molar-refractivity contribution in [2.24, 2.45) is 17.3 Å². The van der Waals surface area contributed by atoms with Crippen molar-refractivity contribution in [3.05, 3.63) is 29.3 Å². The minimum absolute atomic E-state index is 0.0645. The van der Waals surface area contributed by atoms with Crippen molar-refractivity contribution >= 4 is 17.7 Å². The summed E-state index contributed by atoms with van der Waals surface area (Å²) in [6.07, 6.45) is 6.28. The molecule has 2 saturated heterocycles. The molecule has 32 heavy (non-hydrogen) atoms. The SMILES string of the molecule is C[C@@]12CC[C@@H]3c4ccc(Oc5nc(N6CC6)nc(N6CC6)n5)cc4CC[C@@H]3[C@@H]1CCC2=O. The highest BCUT2D eigenvalue weighted by molar-refractivity contribution is 5.87. The van der Waals surface area contributed by atoms with Gasteiger partial charge >= 0.3 is 6.01 Å². The van der Waals surface area contributed by atoms with Gasteiger partial charge in [-0.2, -0.15) is 15.0 Å². The van der Waals surface area contributed by atoms with E-state index in [1.54, 1.807) is 0 Å². The van der Waals surface area contributed by atoms with E-state index in [4.69, 9.17) is 4.74 Å². The lowest BCUT2D eigenvalue weighted by Gasteiger charge is -2.48. The Kier molecular flexibility index (Phi) is 3.92. The van der Waals surface area contributed by atoms with Gasteiger partial charge < -0.3 is 14.5 Å². The number of aromatic nitrogens is 3. The zero-order valence-corrected chi connectivity index (χ0v) is 18.6. The van der Waals surface area contributed by atoms with E-state index in [-0.39, 0.29) is 5.41 Å². The largest absolute Gasteiger partial charge is 0.424 e. The molecule has 0 spiro atoms. The fourth-order valence-electron chi connectivity index (χ4n) is 6.66. The molecule has 0 unspecified atom stereocenters. The van der Waals surface area contributed by atoms with Gasteiger partial charge in [0.05, 0.1) is 0 Å². The van der Waals surface area contributed by atoms with Gasteiger partial charge in [0, 0.05) is 38.0 Å². The van der Waals surface area contributed by atoms with Crippen LogP contribution in [-0.2, 0) is 11.2 Å². The summed E-state index contributed by atoms with van der Waals surface area (Å²) in [4.78, 5) is 30.5. The van der Waals surface area contributed by atoms with Crippen LogP contribution in [0.2, 0.25) is 0 Å². The summed E-state index contributed by atoms with van der Waals surface area (Å²) in [5.41, 5.74) is 2.80. The molecule has 0 amide bonds. The number of fused-ring (bicyclic) bond motifs is 5. The second kappa shape index (κ2) is 6.65. The number of ketones is 1. The van der Waals surface area contributed by atoms with E-state index >= 15 is 0 Å². The maximum absolute atomic E-state index is 12.6. The number of aryl methyl sites for hydroxylation is 1. The highest BCUT2D eigenvalue weighted by Crippen LogP contribution is 2.59. The first-order valence-electron chi connectivity index (χ1n) is 12.2. The zero-order chi connectivity index (χ0) is 21.4. The molecule has 7 rings (SSSR count). The van der Waals surface area contributed by atoms with Gasteiger partial charge in [0.2, 0.25) is 11.9 Å². The number of hydrogen-bond donors (Lipinski definition) is 0. The third kappa shape index (κ3) is 2.93. The van der Waals surface area contributed by atoms with Crippen LogP contribution in [0.25, 0.3) is 0 Å². The van der Waals surface area contributed by atoms with E-state index in [1.807, 2.05) is 0 Å². The number of rotatable bonds is 4. The molecule has 3 heterocycles. The van der Waals surface area contributed by atoms with Crippen LogP contribution in [0, 0.1) is 17.3 Å². The lowest BCUT2D eigenvalue weighted by atomic mass is 9.55. The summed E-state index contributed by atoms with van der Waals surface area (Å²) in [6, 6.07) is 6.91. The van der Waals surface area contributed by atoms with Crippen molar-refractivity contribution in [3.8, 4) is 11.8 Å². The number of hydrogen-bond acceptors (Lipinski definition) is 7. The van der Waals surface area contributed by atoms with Gasteiger partial charge in [0.25, 0.3) is 0 Å². The van der Waals surface area contributed by atoms with E-state index < -0.39 is 0 Å². The van der Waals surface area contributed by atoms with Crippen LogP contribution in [0.3, 0.4) is 0 Å². The summed E-state index contributed by atoms with van der Waals surface area (Å²) < 4.78 is 6.16. The summed E-state index contributed by atoms with van der Waals surface area (Å²) in [6.45, 7) is 6.22. The summed E-state index contributed by atoms with van der Waals surface area (Å²) in [5, 5.41) is 0. The molecule has 1 aromatic carbocycles. The van der Waals surface area contributed by atoms with Crippen LogP contribution >= 0.6 is 0 Å². The molecule has 2 aromatic rings. The molecule has 166 valence electrons. The van der Waals surface area contributed by atoms with E-state index in [9.17, 15) is 4.79 Å². The number of benzene rings is 1. The van der Waals surface area contributed by atoms with Crippen molar-refractivity contribution in [1.82, 2.24) is 15.0 Å². The average molecular weight is 432 g/mol. The van der Waals surface area contributed by atoms with Crippen molar-refractivity contribution in [2.75, 3.05) is 36.0 Å². The second-order valence-electron chi connectivity index (χ2n) is 10.5. The maximum Gasteiger partial charge on any atom is 0.328 e. The summed E-state index contributed by atoms with van der Waals surface area (Å²) in [7, 11) is 0. The van der Waals surface area contributed by atoms with Crippen LogP contribution in [0.5, 0.6) is 11.8 Å². The molecule has 7 nitrogen and oxygen atoms in total. The molecule has 0 N–H and O–H groups in total. The quantitative estimate of drug-likeness (QED) is 0.683. The minimum atomic E-state index is -0.0645. The molecule has 1 aromatic heterocycles. The second-order valence-corrected chi connectivity index (χ2v) is 10.5. The Hall–Kier alpha value is -2.70. The molecule has 4 atom stereocenters. The fourth-order valence-corrected chi connectivity index (χ4v) is 6.66. The van der Waals surface area contributed by atoms with Crippen LogP contribution in [0.4, 0.5) is 11.9 Å². The number of carbonyl (C=O) groups is 1. The first-order valence-corrected chi connectivity index (χ1v) is 12.2. The normalized spacial score (nSPS) is 32.3. The van der Waals surface area contributed by atoms with E-state index in [2.05, 4.69) is 49.9 Å². The van der Waals surface area contributed by atoms with E-state index in [1.165, 1.54) is 17.5 Å². The third-order valence-electron chi connectivity index (χ3n) is 8.67. The maximum atomic E-state index is 12.6. The third-order valence-corrected chi connectivity index (χ3v) is 8.67. The van der Waals surface area contributed by atoms with Gasteiger partial charge in [-0.3, -0.25) is 4.79 Å². The number of carbonyl (C=O) groups excluding carboxylic acids is 1. The molecule has 3 aliphatic carbocycles. The molecule has 5 aliphatic rings. The topological polar surface area (TPSA) is 71.0 Å². The monoisotopic (exact) mass is 431 g/mol. The predicted molar refractivity (Wildman–Crippen MR) is 120 cm³/mol. The minimum Gasteiger partial charge on any atom is -0.424 e. The average Bonchev–Trinajstić information content (AvgIpc) is 3.70. The number of nitrogens with zero attached hydrogens (tertiary/aromatic N) is 5. The molecular formula is C25H29N5O2. The lowest BCUT2D eigenvalue weighted by Crippen LogP contribution is -2.42. The molecule has 0 radical (unpaired) electrons. The highest BCUT2D eigenvalue weighted by Gasteiger charge is 2.54. The van der Waals surface area contributed by atoms with Crippen molar-refractivity contribution < 1.29 is 9.53 Å². The smallest absolute Gasteiger partial charge is 0.328 e. The Morgan fingerprint density at radius 3 is 2.44 bits per heavy atom. The molecule has 2 aliphatic heterocycles. The standard InChI is InChI=1S/C25H29N5O2/c1-25-9-8-18-17-5-3-16(14-15(17)2-4-19(18)20(25)6-7-21(25)31)32-24-27-22(29-10-11-29)26-23(28-24)30-12-13-30/h3,5,14,18-20H,2,4,6-13H2,1H3/t18-,19+,20+,25-/m1/s1. The molecule has 2 saturated carbocycles. The van der Waals surface area contributed by atoms with Crippen LogP contribution in [0.15, 0.2) is 18.2 Å². The van der Waals surface area contributed by atoms with Crippen molar-refractivity contribution in [1.29, 1.82) is 0 Å². The van der Waals surface area contributed by atoms with Gasteiger partial charge in [-0.1, -0.05) is 13.0 Å². The predicted octanol–water partition coefficient (Wildman–Crippen LogP) is 3.73. The first-order chi connectivity index (χ1) is 15.6. The van der Waals surface area contributed by atoms with Gasteiger partial charge in [0.1, 0.15) is 11.5 Å². The Morgan fingerprint density at radius 2 is 1.72 bits per heavy atom. The van der Waals surface area contributed by atoms with Gasteiger partial charge in [-0.15, -0.1) is 0 Å². The number of Topliss-reactive ketones (excluding diaryl/α,β-unsaturated/α-hetero) is 1. The Morgan fingerprint density at radius 1 is 0.969 bits per heavy atom. The fraction of sp³-hybridized carbons (Fsp3) is 0.600. The first kappa shape index (κ1) is 18.8. The van der Waals surface area contributed by atoms with Crippen LogP contribution < -0.4 is 14.5 Å². The molecule has 4 fully saturated rings. The molecule has 7 heteroatoms. The van der Waals surface area contributed by atoms with Crippen molar-refractivity contribution in [2.45, 2.75) is 51.4 Å². The lowest BCUT2D eigenvalue weighted by molar-refractivity contribution is -0.129. The van der Waals surface area contributed by atoms with Crippen molar-refractivity contribution in [3.63, 3.8) is 0 Å². The Labute approximate surface area is 188 Å².